The van der Waals surface area contributed by atoms with Crippen molar-refractivity contribution in [3.05, 3.63) is 35.0 Å². The summed E-state index contributed by atoms with van der Waals surface area (Å²) >= 11 is 4.75. The Hall–Kier alpha value is -0.980. The molecule has 0 amide bonds. The van der Waals surface area contributed by atoms with Gasteiger partial charge in [0.1, 0.15) is 16.9 Å². The highest BCUT2D eigenvalue weighted by molar-refractivity contribution is 7.99. The van der Waals surface area contributed by atoms with Crippen LogP contribution in [-0.2, 0) is 0 Å². The van der Waals surface area contributed by atoms with Gasteiger partial charge in [-0.2, -0.15) is 20.5 Å². The maximum Gasteiger partial charge on any atom is 0.126 e. The summed E-state index contributed by atoms with van der Waals surface area (Å²) in [5, 5.41) is 0.469. The van der Waals surface area contributed by atoms with Gasteiger partial charge in [0.15, 0.2) is 0 Å². The van der Waals surface area contributed by atoms with Crippen molar-refractivity contribution in [3.63, 3.8) is 0 Å². The molecule has 2 heterocycles. The molecular formula is C14H13FN2S3. The van der Waals surface area contributed by atoms with Gasteiger partial charge in [0.2, 0.25) is 0 Å². The fourth-order valence-corrected chi connectivity index (χ4v) is 4.68. The van der Waals surface area contributed by atoms with Crippen molar-refractivity contribution in [2.45, 2.75) is 19.1 Å². The first-order chi connectivity index (χ1) is 9.69. The third kappa shape index (κ3) is 2.60. The van der Waals surface area contributed by atoms with Crippen LogP contribution in [0.4, 0.5) is 4.39 Å². The monoisotopic (exact) mass is 324 g/mol. The summed E-state index contributed by atoms with van der Waals surface area (Å²) in [6.07, 6.45) is 0. The van der Waals surface area contributed by atoms with E-state index in [1.807, 2.05) is 11.8 Å². The van der Waals surface area contributed by atoms with Crippen LogP contribution < -0.4 is 0 Å². The predicted octanol–water partition coefficient (Wildman–Crippen LogP) is 5.37. The van der Waals surface area contributed by atoms with Gasteiger partial charge in [-0.1, -0.05) is 6.92 Å². The molecule has 3 rings (SSSR count). The number of hydrogen-bond acceptors (Lipinski definition) is 5. The molecule has 1 atom stereocenters. The van der Waals surface area contributed by atoms with Crippen molar-refractivity contribution in [2.75, 3.05) is 5.75 Å². The Kier molecular flexibility index (Phi) is 4.05. The number of thioether (sulfide) groups is 1. The first kappa shape index (κ1) is 14.0. The summed E-state index contributed by atoms with van der Waals surface area (Å²) in [6, 6.07) is 7.17. The Morgan fingerprint density at radius 2 is 2.15 bits per heavy atom. The first-order valence-electron chi connectivity index (χ1n) is 6.32. The molecule has 6 heteroatoms. The minimum Gasteiger partial charge on any atom is -0.207 e. The second kappa shape index (κ2) is 5.79. The summed E-state index contributed by atoms with van der Waals surface area (Å²) in [5.41, 5.74) is 2.27. The molecule has 0 radical (unpaired) electrons. The minimum absolute atomic E-state index is 0.258. The van der Waals surface area contributed by atoms with E-state index in [0.29, 0.717) is 10.8 Å². The van der Waals surface area contributed by atoms with Gasteiger partial charge in [-0.25, -0.2) is 4.39 Å². The van der Waals surface area contributed by atoms with E-state index in [0.717, 1.165) is 33.4 Å². The number of hydrogen-bond donors (Lipinski definition) is 0. The zero-order valence-corrected chi connectivity index (χ0v) is 13.5. The van der Waals surface area contributed by atoms with Crippen molar-refractivity contribution >= 4 is 45.9 Å². The smallest absolute Gasteiger partial charge is 0.126 e. The quantitative estimate of drug-likeness (QED) is 0.645. The number of aromatic nitrogens is 2. The lowest BCUT2D eigenvalue weighted by Gasteiger charge is -2.06. The van der Waals surface area contributed by atoms with Crippen LogP contribution in [0.1, 0.15) is 24.0 Å². The van der Waals surface area contributed by atoms with Crippen LogP contribution in [0.5, 0.6) is 0 Å². The van der Waals surface area contributed by atoms with Crippen LogP contribution in [0.25, 0.3) is 21.5 Å². The van der Waals surface area contributed by atoms with Gasteiger partial charge in [-0.3, -0.25) is 0 Å². The van der Waals surface area contributed by atoms with Gasteiger partial charge >= 0.3 is 0 Å². The second-order valence-corrected chi connectivity index (χ2v) is 7.65. The van der Waals surface area contributed by atoms with Crippen LogP contribution in [-0.4, -0.2) is 14.5 Å². The number of nitrogens with zero attached hydrogens (tertiary/aromatic N) is 2. The minimum atomic E-state index is -0.258. The number of fused-ring (bicyclic) bond motifs is 1. The molecule has 0 saturated heterocycles. The third-order valence-electron chi connectivity index (χ3n) is 3.04. The van der Waals surface area contributed by atoms with Crippen molar-refractivity contribution < 1.29 is 4.39 Å². The van der Waals surface area contributed by atoms with Crippen molar-refractivity contribution in [1.29, 1.82) is 0 Å². The maximum absolute atomic E-state index is 13.7. The molecule has 0 fully saturated rings. The van der Waals surface area contributed by atoms with Crippen LogP contribution in [0, 0.1) is 5.82 Å². The second-order valence-electron chi connectivity index (χ2n) is 4.38. The molecule has 0 spiro atoms. The highest BCUT2D eigenvalue weighted by Gasteiger charge is 2.14. The average molecular weight is 324 g/mol. The Bertz CT molecular complexity index is 735. The lowest BCUT2D eigenvalue weighted by Crippen LogP contribution is -1.83. The lowest BCUT2D eigenvalue weighted by molar-refractivity contribution is 0.630. The van der Waals surface area contributed by atoms with E-state index in [1.165, 1.54) is 10.9 Å². The number of rotatable bonds is 4. The van der Waals surface area contributed by atoms with E-state index in [9.17, 15) is 4.39 Å². The maximum atomic E-state index is 13.7. The van der Waals surface area contributed by atoms with E-state index in [4.69, 9.17) is 0 Å². The molecule has 0 bridgehead atoms. The van der Waals surface area contributed by atoms with E-state index in [-0.39, 0.29) is 5.82 Å². The molecule has 2 nitrogen and oxygen atoms in total. The Morgan fingerprint density at radius 1 is 1.30 bits per heavy atom. The molecule has 1 aromatic carbocycles. The normalized spacial score (nSPS) is 12.9. The molecule has 2 aromatic heterocycles. The van der Waals surface area contributed by atoms with Gasteiger partial charge in [0.25, 0.3) is 0 Å². The number of benzene rings is 1. The molecule has 1 unspecified atom stereocenters. The first-order valence-corrected chi connectivity index (χ1v) is 8.92. The highest BCUT2D eigenvalue weighted by atomic mass is 32.2. The van der Waals surface area contributed by atoms with E-state index >= 15 is 0 Å². The van der Waals surface area contributed by atoms with E-state index in [1.54, 1.807) is 17.4 Å². The Labute approximate surface area is 129 Å². The van der Waals surface area contributed by atoms with Gasteiger partial charge in [0.05, 0.1) is 11.7 Å². The standard InChI is InChI=1S/C14H13FN2S3/c1-3-18-8(2)12-4-5-13(19-12)10-6-9(15)7-11-14(10)17-20-16-11/h4-8H,3H2,1-2H3. The van der Waals surface area contributed by atoms with Gasteiger partial charge in [-0.15, -0.1) is 11.3 Å². The van der Waals surface area contributed by atoms with Crippen molar-refractivity contribution in [1.82, 2.24) is 8.75 Å². The zero-order valence-electron chi connectivity index (χ0n) is 11.1. The third-order valence-corrected chi connectivity index (χ3v) is 6.12. The summed E-state index contributed by atoms with van der Waals surface area (Å²) in [5.74, 6) is 0.834. The van der Waals surface area contributed by atoms with Crippen LogP contribution in [0.3, 0.4) is 0 Å². The summed E-state index contributed by atoms with van der Waals surface area (Å²) in [6.45, 7) is 4.36. The van der Waals surface area contributed by atoms with Gasteiger partial charge in [-0.05, 0) is 30.9 Å². The molecule has 0 saturated carbocycles. The molecule has 20 heavy (non-hydrogen) atoms. The van der Waals surface area contributed by atoms with Crippen LogP contribution >= 0.6 is 34.8 Å². The SMILES string of the molecule is CCSC(C)c1ccc(-c2cc(F)cc3nsnc23)s1. The molecule has 104 valence electrons. The summed E-state index contributed by atoms with van der Waals surface area (Å²) < 4.78 is 22.1. The van der Waals surface area contributed by atoms with Gasteiger partial charge < -0.3 is 0 Å². The summed E-state index contributed by atoms with van der Waals surface area (Å²) in [4.78, 5) is 2.37. The zero-order chi connectivity index (χ0) is 14.1. The van der Waals surface area contributed by atoms with E-state index < -0.39 is 0 Å². The molecular weight excluding hydrogens is 311 g/mol. The van der Waals surface area contributed by atoms with Gasteiger partial charge in [0, 0.05) is 26.6 Å². The molecule has 0 aliphatic heterocycles. The fourth-order valence-electron chi connectivity index (χ4n) is 2.09. The van der Waals surface area contributed by atoms with Crippen molar-refractivity contribution in [2.24, 2.45) is 0 Å². The largest absolute Gasteiger partial charge is 0.207 e. The van der Waals surface area contributed by atoms with Crippen molar-refractivity contribution in [3.8, 4) is 10.4 Å². The predicted molar refractivity (Wildman–Crippen MR) is 87.2 cm³/mol. The number of thiophene rings is 1. The van der Waals surface area contributed by atoms with Crippen LogP contribution in [0.15, 0.2) is 24.3 Å². The molecule has 0 N–H and O–H groups in total. The van der Waals surface area contributed by atoms with Crippen LogP contribution in [0.2, 0.25) is 0 Å². The lowest BCUT2D eigenvalue weighted by atomic mass is 10.1. The molecule has 0 aliphatic carbocycles. The highest BCUT2D eigenvalue weighted by Crippen LogP contribution is 2.39. The Balaban J connectivity index is 2.05. The average Bonchev–Trinajstić information content (AvgIpc) is 3.06. The topological polar surface area (TPSA) is 25.8 Å². The molecule has 3 aromatic rings. The van der Waals surface area contributed by atoms with E-state index in [2.05, 4.69) is 34.7 Å². The fraction of sp³-hybridized carbons (Fsp3) is 0.286. The summed E-state index contributed by atoms with van der Waals surface area (Å²) in [7, 11) is 0. The Morgan fingerprint density at radius 3 is 2.95 bits per heavy atom. The number of halogens is 1. The molecule has 0 aliphatic rings.